The summed E-state index contributed by atoms with van der Waals surface area (Å²) >= 11 is 0. The second kappa shape index (κ2) is 4.45. The van der Waals surface area contributed by atoms with E-state index in [4.69, 9.17) is 10.8 Å². The molecule has 0 spiro atoms. The highest BCUT2D eigenvalue weighted by molar-refractivity contribution is 5.77. The van der Waals surface area contributed by atoms with E-state index in [1.807, 2.05) is 6.92 Å². The molecule has 0 aliphatic rings. The van der Waals surface area contributed by atoms with E-state index in [0.29, 0.717) is 12.3 Å². The van der Waals surface area contributed by atoms with Gasteiger partial charge in [-0.3, -0.25) is 4.79 Å². The van der Waals surface area contributed by atoms with E-state index in [1.54, 1.807) is 6.92 Å². The van der Waals surface area contributed by atoms with Gasteiger partial charge >= 0.3 is 5.97 Å². The summed E-state index contributed by atoms with van der Waals surface area (Å²) in [7, 11) is 0. The average molecular weight is 173 g/mol. The van der Waals surface area contributed by atoms with Gasteiger partial charge in [0.05, 0.1) is 0 Å². The Morgan fingerprint density at radius 3 is 2.50 bits per heavy atom. The standard InChI is InChI=1S/C9H19NO2/c1-4-5-7(2)6-9(3,10)8(11)12/h7H,4-6,10H2,1-3H3,(H,11,12)/t7-,9+/m0/s1. The summed E-state index contributed by atoms with van der Waals surface area (Å²) in [5.74, 6) is -0.522. The molecule has 0 saturated heterocycles. The van der Waals surface area contributed by atoms with E-state index in [1.165, 1.54) is 0 Å². The van der Waals surface area contributed by atoms with Crippen molar-refractivity contribution in [3.8, 4) is 0 Å². The molecule has 0 bridgehead atoms. The molecule has 0 aromatic rings. The fraction of sp³-hybridized carbons (Fsp3) is 0.889. The first kappa shape index (κ1) is 11.4. The van der Waals surface area contributed by atoms with E-state index >= 15 is 0 Å². The van der Waals surface area contributed by atoms with Gasteiger partial charge in [-0.15, -0.1) is 0 Å². The average Bonchev–Trinajstić information content (AvgIpc) is 1.85. The molecule has 0 aromatic heterocycles. The summed E-state index contributed by atoms with van der Waals surface area (Å²) < 4.78 is 0. The predicted octanol–water partition coefficient (Wildman–Crippen LogP) is 1.61. The molecule has 2 atom stereocenters. The lowest BCUT2D eigenvalue weighted by Gasteiger charge is -2.22. The maximum atomic E-state index is 10.6. The van der Waals surface area contributed by atoms with Gasteiger partial charge in [0.25, 0.3) is 0 Å². The van der Waals surface area contributed by atoms with Crippen LogP contribution < -0.4 is 5.73 Å². The van der Waals surface area contributed by atoms with E-state index in [0.717, 1.165) is 12.8 Å². The van der Waals surface area contributed by atoms with Crippen molar-refractivity contribution in [3.63, 3.8) is 0 Å². The summed E-state index contributed by atoms with van der Waals surface area (Å²) in [5.41, 5.74) is 4.53. The summed E-state index contributed by atoms with van der Waals surface area (Å²) in [6.07, 6.45) is 2.67. The molecule has 72 valence electrons. The second-order valence-electron chi connectivity index (χ2n) is 3.82. The molecule has 0 amide bonds. The van der Waals surface area contributed by atoms with Crippen LogP contribution in [-0.4, -0.2) is 16.6 Å². The molecule has 0 aromatic carbocycles. The monoisotopic (exact) mass is 173 g/mol. The molecule has 3 N–H and O–H groups in total. The first-order chi connectivity index (χ1) is 5.40. The topological polar surface area (TPSA) is 63.3 Å². The smallest absolute Gasteiger partial charge is 0.323 e. The molecule has 0 unspecified atom stereocenters. The van der Waals surface area contributed by atoms with Crippen LogP contribution in [0.4, 0.5) is 0 Å². The second-order valence-corrected chi connectivity index (χ2v) is 3.82. The van der Waals surface area contributed by atoms with Crippen LogP contribution in [0.15, 0.2) is 0 Å². The molecule has 3 heteroatoms. The third kappa shape index (κ3) is 3.72. The fourth-order valence-corrected chi connectivity index (χ4v) is 1.41. The van der Waals surface area contributed by atoms with Gasteiger partial charge in [-0.1, -0.05) is 26.7 Å². The normalized spacial score (nSPS) is 18.3. The minimum Gasteiger partial charge on any atom is -0.480 e. The van der Waals surface area contributed by atoms with Crippen molar-refractivity contribution >= 4 is 5.97 Å². The summed E-state index contributed by atoms with van der Waals surface area (Å²) in [6.45, 7) is 5.70. The number of nitrogens with two attached hydrogens (primary N) is 1. The first-order valence-electron chi connectivity index (χ1n) is 4.42. The summed E-state index contributed by atoms with van der Waals surface area (Å²) in [4.78, 5) is 10.6. The van der Waals surface area contributed by atoms with Gasteiger partial charge in [0, 0.05) is 0 Å². The van der Waals surface area contributed by atoms with Crippen molar-refractivity contribution in [2.75, 3.05) is 0 Å². The Kier molecular flexibility index (Phi) is 4.24. The molecule has 12 heavy (non-hydrogen) atoms. The maximum Gasteiger partial charge on any atom is 0.323 e. The lowest BCUT2D eigenvalue weighted by Crippen LogP contribution is -2.46. The molecule has 0 saturated carbocycles. The molecule has 0 radical (unpaired) electrons. The van der Waals surface area contributed by atoms with Crippen LogP contribution in [0, 0.1) is 5.92 Å². The largest absolute Gasteiger partial charge is 0.480 e. The predicted molar refractivity (Wildman–Crippen MR) is 48.9 cm³/mol. The minimum atomic E-state index is -1.06. The Morgan fingerprint density at radius 2 is 2.17 bits per heavy atom. The first-order valence-corrected chi connectivity index (χ1v) is 4.42. The molecule has 0 aliphatic heterocycles. The van der Waals surface area contributed by atoms with Crippen molar-refractivity contribution in [2.45, 2.75) is 45.6 Å². The van der Waals surface area contributed by atoms with Crippen LogP contribution in [0.1, 0.15) is 40.0 Å². The number of hydrogen-bond acceptors (Lipinski definition) is 2. The van der Waals surface area contributed by atoms with Crippen LogP contribution in [-0.2, 0) is 4.79 Å². The van der Waals surface area contributed by atoms with E-state index in [-0.39, 0.29) is 0 Å². The van der Waals surface area contributed by atoms with Gasteiger partial charge in [-0.25, -0.2) is 0 Å². The van der Waals surface area contributed by atoms with Crippen LogP contribution in [0.3, 0.4) is 0 Å². The maximum absolute atomic E-state index is 10.6. The Morgan fingerprint density at radius 1 is 1.67 bits per heavy atom. The molecule has 0 aliphatic carbocycles. The number of carboxylic acid groups (broad SMARTS) is 1. The zero-order valence-electron chi connectivity index (χ0n) is 8.13. The van der Waals surface area contributed by atoms with E-state index in [9.17, 15) is 4.79 Å². The Hall–Kier alpha value is -0.570. The van der Waals surface area contributed by atoms with Gasteiger partial charge in [0.1, 0.15) is 5.54 Å². The number of carbonyl (C=O) groups is 1. The number of carboxylic acids is 1. The quantitative estimate of drug-likeness (QED) is 0.664. The van der Waals surface area contributed by atoms with Crippen molar-refractivity contribution < 1.29 is 9.90 Å². The fourth-order valence-electron chi connectivity index (χ4n) is 1.41. The zero-order valence-corrected chi connectivity index (χ0v) is 8.13. The van der Waals surface area contributed by atoms with Crippen molar-refractivity contribution in [1.29, 1.82) is 0 Å². The highest BCUT2D eigenvalue weighted by Crippen LogP contribution is 2.18. The number of aliphatic carboxylic acids is 1. The molecule has 0 heterocycles. The molecule has 0 rings (SSSR count). The molecular formula is C9H19NO2. The van der Waals surface area contributed by atoms with Gasteiger partial charge in [0.15, 0.2) is 0 Å². The van der Waals surface area contributed by atoms with E-state index < -0.39 is 11.5 Å². The van der Waals surface area contributed by atoms with Crippen molar-refractivity contribution in [3.05, 3.63) is 0 Å². The molecule has 0 fully saturated rings. The lowest BCUT2D eigenvalue weighted by molar-refractivity contribution is -0.143. The van der Waals surface area contributed by atoms with Crippen LogP contribution in [0.5, 0.6) is 0 Å². The third-order valence-corrected chi connectivity index (χ3v) is 2.04. The van der Waals surface area contributed by atoms with E-state index in [2.05, 4.69) is 6.92 Å². The Labute approximate surface area is 74.0 Å². The van der Waals surface area contributed by atoms with Gasteiger partial charge < -0.3 is 10.8 Å². The van der Waals surface area contributed by atoms with Crippen molar-refractivity contribution in [1.82, 2.24) is 0 Å². The van der Waals surface area contributed by atoms with Crippen LogP contribution in [0.25, 0.3) is 0 Å². The Balaban J connectivity index is 3.96. The van der Waals surface area contributed by atoms with Gasteiger partial charge in [-0.2, -0.15) is 0 Å². The highest BCUT2D eigenvalue weighted by atomic mass is 16.4. The lowest BCUT2D eigenvalue weighted by atomic mass is 9.88. The third-order valence-electron chi connectivity index (χ3n) is 2.04. The van der Waals surface area contributed by atoms with Gasteiger partial charge in [0.2, 0.25) is 0 Å². The van der Waals surface area contributed by atoms with Gasteiger partial charge in [-0.05, 0) is 19.3 Å². The highest BCUT2D eigenvalue weighted by Gasteiger charge is 2.29. The molecule has 3 nitrogen and oxygen atoms in total. The van der Waals surface area contributed by atoms with Crippen LogP contribution >= 0.6 is 0 Å². The number of rotatable bonds is 5. The molecular weight excluding hydrogens is 154 g/mol. The minimum absolute atomic E-state index is 0.390. The Bertz CT molecular complexity index is 155. The summed E-state index contributed by atoms with van der Waals surface area (Å²) in [5, 5.41) is 8.73. The zero-order chi connectivity index (χ0) is 9.78. The number of hydrogen-bond donors (Lipinski definition) is 2. The van der Waals surface area contributed by atoms with Crippen molar-refractivity contribution in [2.24, 2.45) is 11.7 Å². The summed E-state index contributed by atoms with van der Waals surface area (Å²) in [6, 6.07) is 0. The SMILES string of the molecule is CCC[C@H](C)C[C@@](C)(N)C(=O)O. The van der Waals surface area contributed by atoms with Crippen LogP contribution in [0.2, 0.25) is 0 Å².